The number of nitrogens with one attached hydrogen (secondary N) is 2. The smallest absolute Gasteiger partial charge is 0.229 e. The summed E-state index contributed by atoms with van der Waals surface area (Å²) in [5.74, 6) is 1.60. The van der Waals surface area contributed by atoms with Crippen LogP contribution >= 0.6 is 12.4 Å². The van der Waals surface area contributed by atoms with Crippen LogP contribution in [0.25, 0.3) is 0 Å². The zero-order valence-electron chi connectivity index (χ0n) is 14.3. The number of nitrogens with zero attached hydrogens (tertiary/aromatic N) is 5. The minimum absolute atomic E-state index is 0. The average Bonchev–Trinajstić information content (AvgIpc) is 3.10. The predicted molar refractivity (Wildman–Crippen MR) is 97.1 cm³/mol. The highest BCUT2D eigenvalue weighted by atomic mass is 35.5. The molecule has 0 unspecified atom stereocenters. The Morgan fingerprint density at radius 3 is 2.54 bits per heavy atom. The van der Waals surface area contributed by atoms with E-state index < -0.39 is 0 Å². The zero-order chi connectivity index (χ0) is 16.1. The van der Waals surface area contributed by atoms with Crippen LogP contribution < -0.4 is 15.5 Å². The molecule has 2 atom stereocenters. The van der Waals surface area contributed by atoms with Gasteiger partial charge in [0.15, 0.2) is 0 Å². The Balaban J connectivity index is 0.00000169. The topological polar surface area (TPSA) is 70.9 Å². The summed E-state index contributed by atoms with van der Waals surface area (Å²) in [4.78, 5) is 11.4. The van der Waals surface area contributed by atoms with Crippen LogP contribution in [0.5, 0.6) is 0 Å². The van der Waals surface area contributed by atoms with Gasteiger partial charge in [-0.15, -0.1) is 12.4 Å². The van der Waals surface area contributed by atoms with Gasteiger partial charge in [0.1, 0.15) is 5.82 Å². The second-order valence-electron chi connectivity index (χ2n) is 7.35. The van der Waals surface area contributed by atoms with Gasteiger partial charge >= 0.3 is 0 Å². The molecule has 0 bridgehead atoms. The first-order chi connectivity index (χ1) is 11.0. The molecule has 0 amide bonds. The third kappa shape index (κ3) is 2.71. The van der Waals surface area contributed by atoms with Crippen LogP contribution in [0.3, 0.4) is 0 Å². The van der Waals surface area contributed by atoms with E-state index in [9.17, 15) is 0 Å². The summed E-state index contributed by atoms with van der Waals surface area (Å²) in [5.41, 5.74) is 1.50. The van der Waals surface area contributed by atoms with Crippen molar-refractivity contribution < 1.29 is 0 Å². The summed E-state index contributed by atoms with van der Waals surface area (Å²) in [5, 5.41) is 10.9. The second kappa shape index (κ2) is 5.89. The molecule has 2 aromatic rings. The fourth-order valence-corrected chi connectivity index (χ4v) is 3.80. The molecule has 8 heteroatoms. The van der Waals surface area contributed by atoms with Crippen LogP contribution in [0.2, 0.25) is 0 Å². The molecule has 7 nitrogen and oxygen atoms in total. The highest BCUT2D eigenvalue weighted by Crippen LogP contribution is 2.49. The Morgan fingerprint density at radius 2 is 1.92 bits per heavy atom. The van der Waals surface area contributed by atoms with Crippen molar-refractivity contribution in [1.29, 1.82) is 0 Å². The lowest BCUT2D eigenvalue weighted by Crippen LogP contribution is -2.34. The van der Waals surface area contributed by atoms with Crippen LogP contribution in [0, 0.1) is 10.8 Å². The quantitative estimate of drug-likeness (QED) is 0.880. The number of halogens is 1. The Morgan fingerprint density at radius 1 is 1.21 bits per heavy atom. The SMILES string of the molecule is Cl.Cn1cc(Nc2nccc(N3C[C@]4(C)CNC[C@]4(C)C3)n2)cn1. The van der Waals surface area contributed by atoms with Gasteiger partial charge in [0.25, 0.3) is 0 Å². The molecule has 2 aliphatic heterocycles. The molecule has 2 N–H and O–H groups in total. The summed E-state index contributed by atoms with van der Waals surface area (Å²) >= 11 is 0. The largest absolute Gasteiger partial charge is 0.355 e. The van der Waals surface area contributed by atoms with Gasteiger partial charge < -0.3 is 15.5 Å². The number of hydrogen-bond acceptors (Lipinski definition) is 6. The predicted octanol–water partition coefficient (Wildman–Crippen LogP) is 1.81. The van der Waals surface area contributed by atoms with E-state index >= 15 is 0 Å². The van der Waals surface area contributed by atoms with Crippen molar-refractivity contribution >= 4 is 29.9 Å². The average molecular weight is 350 g/mol. The van der Waals surface area contributed by atoms with E-state index in [1.807, 2.05) is 25.5 Å². The summed E-state index contributed by atoms with van der Waals surface area (Å²) < 4.78 is 1.75. The number of aromatic nitrogens is 4. The monoisotopic (exact) mass is 349 g/mol. The Bertz CT molecular complexity index is 715. The number of fused-ring (bicyclic) bond motifs is 1. The molecule has 4 rings (SSSR count). The van der Waals surface area contributed by atoms with Gasteiger partial charge in [0.2, 0.25) is 5.95 Å². The normalized spacial score (nSPS) is 28.5. The van der Waals surface area contributed by atoms with Gasteiger partial charge in [-0.3, -0.25) is 4.68 Å². The first kappa shape index (κ1) is 17.0. The molecular weight excluding hydrogens is 326 g/mol. The third-order valence-electron chi connectivity index (χ3n) is 5.49. The number of hydrogen-bond donors (Lipinski definition) is 2. The van der Waals surface area contributed by atoms with Gasteiger partial charge in [-0.05, 0) is 6.07 Å². The first-order valence-corrected chi connectivity index (χ1v) is 8.02. The van der Waals surface area contributed by atoms with E-state index in [4.69, 9.17) is 4.98 Å². The summed E-state index contributed by atoms with van der Waals surface area (Å²) in [6.45, 7) is 8.96. The molecule has 0 aliphatic carbocycles. The van der Waals surface area contributed by atoms with Crippen LogP contribution in [0.1, 0.15) is 13.8 Å². The number of aryl methyl sites for hydroxylation is 1. The van der Waals surface area contributed by atoms with Gasteiger partial charge in [-0.25, -0.2) is 4.98 Å². The lowest BCUT2D eigenvalue weighted by Gasteiger charge is -2.30. The van der Waals surface area contributed by atoms with Crippen molar-refractivity contribution in [3.05, 3.63) is 24.7 Å². The van der Waals surface area contributed by atoms with Gasteiger partial charge in [0.05, 0.1) is 11.9 Å². The number of rotatable bonds is 3. The molecule has 0 saturated carbocycles. The summed E-state index contributed by atoms with van der Waals surface area (Å²) in [6.07, 6.45) is 5.49. The minimum Gasteiger partial charge on any atom is -0.355 e. The third-order valence-corrected chi connectivity index (χ3v) is 5.49. The van der Waals surface area contributed by atoms with E-state index in [0.717, 1.165) is 37.7 Å². The van der Waals surface area contributed by atoms with Crippen molar-refractivity contribution in [2.45, 2.75) is 13.8 Å². The molecule has 2 aromatic heterocycles. The fourth-order valence-electron chi connectivity index (χ4n) is 3.80. The maximum absolute atomic E-state index is 4.70. The molecule has 4 heterocycles. The fraction of sp³-hybridized carbons (Fsp3) is 0.562. The van der Waals surface area contributed by atoms with Crippen molar-refractivity contribution in [1.82, 2.24) is 25.1 Å². The van der Waals surface area contributed by atoms with E-state index in [0.29, 0.717) is 16.8 Å². The molecular formula is C16H24ClN7. The molecule has 2 saturated heterocycles. The second-order valence-corrected chi connectivity index (χ2v) is 7.35. The van der Waals surface area contributed by atoms with Crippen molar-refractivity contribution in [2.24, 2.45) is 17.9 Å². The molecule has 24 heavy (non-hydrogen) atoms. The molecule has 130 valence electrons. The minimum atomic E-state index is 0. The Hall–Kier alpha value is -1.86. The van der Waals surface area contributed by atoms with Crippen molar-refractivity contribution in [3.63, 3.8) is 0 Å². The maximum atomic E-state index is 4.70. The van der Waals surface area contributed by atoms with E-state index in [2.05, 4.69) is 39.5 Å². The molecule has 0 radical (unpaired) electrons. The zero-order valence-corrected chi connectivity index (χ0v) is 15.1. The van der Waals surface area contributed by atoms with Crippen molar-refractivity contribution in [2.75, 3.05) is 36.4 Å². The molecule has 0 spiro atoms. The van der Waals surface area contributed by atoms with Crippen LogP contribution in [0.4, 0.5) is 17.5 Å². The Kier molecular flexibility index (Phi) is 4.17. The molecule has 0 aromatic carbocycles. The lowest BCUT2D eigenvalue weighted by molar-refractivity contribution is 0.212. The van der Waals surface area contributed by atoms with Crippen LogP contribution in [-0.4, -0.2) is 45.9 Å². The molecule has 2 aliphatic rings. The highest BCUT2D eigenvalue weighted by molar-refractivity contribution is 5.85. The number of anilines is 3. The van der Waals surface area contributed by atoms with E-state index in [1.165, 1.54) is 0 Å². The van der Waals surface area contributed by atoms with Crippen LogP contribution in [-0.2, 0) is 7.05 Å². The van der Waals surface area contributed by atoms with E-state index in [1.54, 1.807) is 10.9 Å². The Labute approximate surface area is 148 Å². The first-order valence-electron chi connectivity index (χ1n) is 8.02. The standard InChI is InChI=1S/C16H23N7.ClH/c1-15-8-17-9-16(15,2)11-23(10-15)13-4-5-18-14(21-13)20-12-6-19-22(3)7-12;/h4-7,17H,8-11H2,1-3H3,(H,18,20,21);1H/t15-,16+;. The molecule has 2 fully saturated rings. The lowest BCUT2D eigenvalue weighted by atomic mass is 9.71. The van der Waals surface area contributed by atoms with Gasteiger partial charge in [0, 0.05) is 56.5 Å². The van der Waals surface area contributed by atoms with Crippen LogP contribution in [0.15, 0.2) is 24.7 Å². The summed E-state index contributed by atoms with van der Waals surface area (Å²) in [7, 11) is 1.89. The van der Waals surface area contributed by atoms with Crippen molar-refractivity contribution in [3.8, 4) is 0 Å². The maximum Gasteiger partial charge on any atom is 0.229 e. The van der Waals surface area contributed by atoms with E-state index in [-0.39, 0.29) is 12.4 Å². The van der Waals surface area contributed by atoms with Gasteiger partial charge in [-0.1, -0.05) is 13.8 Å². The summed E-state index contributed by atoms with van der Waals surface area (Å²) in [6, 6.07) is 2.00. The van der Waals surface area contributed by atoms with Gasteiger partial charge in [-0.2, -0.15) is 10.1 Å². The highest BCUT2D eigenvalue weighted by Gasteiger charge is 2.55.